The van der Waals surface area contributed by atoms with Crippen LogP contribution >= 0.6 is 27.3 Å². The van der Waals surface area contributed by atoms with E-state index >= 15 is 0 Å². The molecule has 1 aromatic rings. The van der Waals surface area contributed by atoms with Crippen molar-refractivity contribution in [1.82, 2.24) is 4.98 Å². The second-order valence-corrected chi connectivity index (χ2v) is 3.72. The van der Waals surface area contributed by atoms with Gasteiger partial charge in [-0.25, -0.2) is 9.78 Å². The molecule has 0 atom stereocenters. The van der Waals surface area contributed by atoms with Crippen molar-refractivity contribution in [3.63, 3.8) is 0 Å². The fourth-order valence-electron chi connectivity index (χ4n) is 0.626. The summed E-state index contributed by atoms with van der Waals surface area (Å²) in [6.07, 6.45) is 0.774. The Morgan fingerprint density at radius 1 is 1.82 bits per heavy atom. The average molecular weight is 236 g/mol. The predicted molar refractivity (Wildman–Crippen MR) is 46.2 cm³/mol. The average Bonchev–Trinajstić information content (AvgIpc) is 2.30. The highest BCUT2D eigenvalue weighted by molar-refractivity contribution is 9.10. The number of carboxylic acid groups (broad SMARTS) is 1. The molecule has 0 radical (unpaired) electrons. The summed E-state index contributed by atoms with van der Waals surface area (Å²) in [7, 11) is 0. The summed E-state index contributed by atoms with van der Waals surface area (Å²) in [5.74, 6) is -0.922. The number of carbonyl (C=O) groups is 1. The van der Waals surface area contributed by atoms with Crippen molar-refractivity contribution < 1.29 is 9.90 Å². The minimum atomic E-state index is -0.922. The summed E-state index contributed by atoms with van der Waals surface area (Å²) in [6.45, 7) is 1.94. The van der Waals surface area contributed by atoms with Crippen LogP contribution in [0.3, 0.4) is 0 Å². The third kappa shape index (κ3) is 1.78. The predicted octanol–water partition coefficient (Wildman–Crippen LogP) is 2.17. The van der Waals surface area contributed by atoms with Crippen molar-refractivity contribution in [2.75, 3.05) is 0 Å². The molecule has 60 valence electrons. The van der Waals surface area contributed by atoms with Gasteiger partial charge in [0.2, 0.25) is 0 Å². The van der Waals surface area contributed by atoms with E-state index in [2.05, 4.69) is 20.9 Å². The number of hydrogen-bond donors (Lipinski definition) is 1. The zero-order valence-corrected chi connectivity index (χ0v) is 8.20. The van der Waals surface area contributed by atoms with Crippen LogP contribution in [0.4, 0.5) is 0 Å². The van der Waals surface area contributed by atoms with E-state index in [0.717, 1.165) is 11.4 Å². The molecule has 5 heteroatoms. The summed E-state index contributed by atoms with van der Waals surface area (Å²) < 4.78 is 0.437. The molecule has 0 fully saturated rings. The number of rotatable bonds is 2. The number of aromatic nitrogens is 1. The molecule has 0 unspecified atom stereocenters. The molecule has 0 saturated heterocycles. The van der Waals surface area contributed by atoms with Crippen molar-refractivity contribution in [2.24, 2.45) is 0 Å². The molecule has 1 N–H and O–H groups in total. The van der Waals surface area contributed by atoms with E-state index in [0.29, 0.717) is 4.60 Å². The summed E-state index contributed by atoms with van der Waals surface area (Å²) in [5.41, 5.74) is 0. The maximum absolute atomic E-state index is 10.5. The first-order valence-electron chi connectivity index (χ1n) is 3.03. The first-order chi connectivity index (χ1) is 5.15. The lowest BCUT2D eigenvalue weighted by molar-refractivity contribution is 0.0701. The monoisotopic (exact) mass is 235 g/mol. The van der Waals surface area contributed by atoms with Gasteiger partial charge in [-0.05, 0) is 22.4 Å². The minimum Gasteiger partial charge on any atom is -0.477 e. The van der Waals surface area contributed by atoms with Gasteiger partial charge < -0.3 is 5.11 Å². The van der Waals surface area contributed by atoms with Gasteiger partial charge in [-0.15, -0.1) is 11.3 Å². The normalized spacial score (nSPS) is 10.0. The number of carboxylic acids is 1. The number of aromatic carboxylic acids is 1. The molecule has 0 aliphatic rings. The van der Waals surface area contributed by atoms with E-state index in [1.165, 1.54) is 11.3 Å². The van der Waals surface area contributed by atoms with Crippen molar-refractivity contribution >= 4 is 33.2 Å². The van der Waals surface area contributed by atoms with Crippen molar-refractivity contribution in [1.29, 1.82) is 0 Å². The lowest BCUT2D eigenvalue weighted by atomic mass is 10.5. The van der Waals surface area contributed by atoms with Gasteiger partial charge >= 0.3 is 5.97 Å². The molecular weight excluding hydrogens is 230 g/mol. The Kier molecular flexibility index (Phi) is 2.62. The van der Waals surface area contributed by atoms with Crippen LogP contribution in [0.5, 0.6) is 0 Å². The van der Waals surface area contributed by atoms with Crippen molar-refractivity contribution in [3.05, 3.63) is 14.5 Å². The van der Waals surface area contributed by atoms with Crippen molar-refractivity contribution in [3.8, 4) is 0 Å². The Bertz CT molecular complexity index is 284. The molecule has 0 aliphatic heterocycles. The van der Waals surface area contributed by atoms with Crippen LogP contribution < -0.4 is 0 Å². The Labute approximate surface area is 76.2 Å². The van der Waals surface area contributed by atoms with Gasteiger partial charge in [-0.2, -0.15) is 0 Å². The second kappa shape index (κ2) is 3.32. The molecule has 1 rings (SSSR count). The van der Waals surface area contributed by atoms with Crippen LogP contribution in [0.2, 0.25) is 0 Å². The quantitative estimate of drug-likeness (QED) is 0.855. The zero-order valence-electron chi connectivity index (χ0n) is 5.80. The molecule has 0 aliphatic carbocycles. The lowest BCUT2D eigenvalue weighted by Gasteiger charge is -1.83. The molecule has 0 saturated carbocycles. The van der Waals surface area contributed by atoms with Crippen molar-refractivity contribution in [2.45, 2.75) is 13.3 Å². The number of aryl methyl sites for hydroxylation is 1. The summed E-state index contributed by atoms with van der Waals surface area (Å²) >= 11 is 4.29. The third-order valence-electron chi connectivity index (χ3n) is 1.13. The fourth-order valence-corrected chi connectivity index (χ4v) is 2.10. The van der Waals surface area contributed by atoms with Crippen LogP contribution in [-0.2, 0) is 6.42 Å². The van der Waals surface area contributed by atoms with Crippen LogP contribution in [0.25, 0.3) is 0 Å². The summed E-state index contributed by atoms with van der Waals surface area (Å²) in [6, 6.07) is 0. The summed E-state index contributed by atoms with van der Waals surface area (Å²) in [4.78, 5) is 14.8. The molecule has 1 aromatic heterocycles. The van der Waals surface area contributed by atoms with Crippen LogP contribution in [-0.4, -0.2) is 16.1 Å². The SMILES string of the molecule is CCc1nc(Br)c(C(=O)O)s1. The minimum absolute atomic E-state index is 0.279. The van der Waals surface area contributed by atoms with Gasteiger partial charge in [0.05, 0.1) is 5.01 Å². The largest absolute Gasteiger partial charge is 0.477 e. The highest BCUT2D eigenvalue weighted by atomic mass is 79.9. The van der Waals surface area contributed by atoms with E-state index in [1.807, 2.05) is 6.92 Å². The highest BCUT2D eigenvalue weighted by Gasteiger charge is 2.13. The molecular formula is C6H6BrNO2S. The Morgan fingerprint density at radius 2 is 2.45 bits per heavy atom. The lowest BCUT2D eigenvalue weighted by Crippen LogP contribution is -1.91. The molecule has 0 spiro atoms. The van der Waals surface area contributed by atoms with E-state index in [9.17, 15) is 4.79 Å². The molecule has 0 amide bonds. The number of hydrogen-bond acceptors (Lipinski definition) is 3. The van der Waals surface area contributed by atoms with Gasteiger partial charge in [-0.1, -0.05) is 6.92 Å². The van der Waals surface area contributed by atoms with E-state index in [1.54, 1.807) is 0 Å². The third-order valence-corrected chi connectivity index (χ3v) is 3.15. The van der Waals surface area contributed by atoms with E-state index in [4.69, 9.17) is 5.11 Å². The van der Waals surface area contributed by atoms with Gasteiger partial charge in [0.15, 0.2) is 0 Å². The first-order valence-corrected chi connectivity index (χ1v) is 4.64. The summed E-state index contributed by atoms with van der Waals surface area (Å²) in [5, 5.41) is 9.46. The molecule has 0 aromatic carbocycles. The Balaban J connectivity index is 3.07. The number of thiazole rings is 1. The molecule has 11 heavy (non-hydrogen) atoms. The standard InChI is InChI=1S/C6H6BrNO2S/c1-2-3-8-5(7)4(11-3)6(9)10/h2H2,1H3,(H,9,10). The maximum Gasteiger partial charge on any atom is 0.348 e. The molecule has 3 nitrogen and oxygen atoms in total. The highest BCUT2D eigenvalue weighted by Crippen LogP contribution is 2.23. The Hall–Kier alpha value is -0.420. The number of nitrogens with zero attached hydrogens (tertiary/aromatic N) is 1. The van der Waals surface area contributed by atoms with Gasteiger partial charge in [-0.3, -0.25) is 0 Å². The first kappa shape index (κ1) is 8.67. The topological polar surface area (TPSA) is 50.2 Å². The fraction of sp³-hybridized carbons (Fsp3) is 0.333. The van der Waals surface area contributed by atoms with Gasteiger partial charge in [0.25, 0.3) is 0 Å². The van der Waals surface area contributed by atoms with Gasteiger partial charge in [0, 0.05) is 0 Å². The van der Waals surface area contributed by atoms with E-state index in [-0.39, 0.29) is 4.88 Å². The van der Waals surface area contributed by atoms with Gasteiger partial charge in [0.1, 0.15) is 9.48 Å². The molecule has 0 bridgehead atoms. The Morgan fingerprint density at radius 3 is 2.73 bits per heavy atom. The number of halogens is 1. The second-order valence-electron chi connectivity index (χ2n) is 1.89. The zero-order chi connectivity index (χ0) is 8.43. The van der Waals surface area contributed by atoms with Crippen LogP contribution in [0, 0.1) is 0 Å². The maximum atomic E-state index is 10.5. The van der Waals surface area contributed by atoms with E-state index < -0.39 is 5.97 Å². The van der Waals surface area contributed by atoms with Crippen LogP contribution in [0.15, 0.2) is 4.60 Å². The smallest absolute Gasteiger partial charge is 0.348 e. The van der Waals surface area contributed by atoms with Crippen LogP contribution in [0.1, 0.15) is 21.6 Å². The molecule has 1 heterocycles.